The number of phenolic OH excluding ortho intramolecular Hbond substituents is 1. The van der Waals surface area contributed by atoms with E-state index in [1.165, 1.54) is 0 Å². The average molecular weight is 417 g/mol. The molecule has 0 radical (unpaired) electrons. The maximum atomic E-state index is 12.7. The van der Waals surface area contributed by atoms with Gasteiger partial charge in [0.1, 0.15) is 17.6 Å². The molecule has 3 rings (SSSR count). The molecule has 0 aliphatic rings. The Morgan fingerprint density at radius 2 is 2.12 bits per heavy atom. The lowest BCUT2D eigenvalue weighted by atomic mass is 10.2. The van der Waals surface area contributed by atoms with Gasteiger partial charge in [-0.3, -0.25) is 4.79 Å². The Morgan fingerprint density at radius 3 is 2.62 bits per heavy atom. The number of alkyl halides is 1. The standard InChI is InChI=1S/C8H6BrNOS.C7H5F2NO2/c9-4-6-5-11-8(10-6)7-2-1-3-12-7;8-3-1-2-4(11)6(9)5(3)7(10)12/h1-3,5H,4H2;1-2,11H,(H2,10,12). The molecule has 1 aromatic carbocycles. The van der Waals surface area contributed by atoms with Gasteiger partial charge >= 0.3 is 0 Å². The number of phenols is 1. The van der Waals surface area contributed by atoms with Crippen molar-refractivity contribution in [3.63, 3.8) is 0 Å². The van der Waals surface area contributed by atoms with Gasteiger partial charge in [-0.2, -0.15) is 0 Å². The molecule has 2 heterocycles. The summed E-state index contributed by atoms with van der Waals surface area (Å²) in [5.41, 5.74) is 4.66. The predicted molar refractivity (Wildman–Crippen MR) is 89.0 cm³/mol. The van der Waals surface area contributed by atoms with Gasteiger partial charge in [-0.25, -0.2) is 13.8 Å². The first-order chi connectivity index (χ1) is 11.4. The summed E-state index contributed by atoms with van der Waals surface area (Å²) < 4.78 is 30.6. The Morgan fingerprint density at radius 1 is 1.38 bits per heavy atom. The van der Waals surface area contributed by atoms with Crippen molar-refractivity contribution in [2.45, 2.75) is 5.33 Å². The number of halogens is 3. The van der Waals surface area contributed by atoms with Crippen molar-refractivity contribution in [3.05, 3.63) is 58.8 Å². The van der Waals surface area contributed by atoms with Crippen LogP contribution in [0.3, 0.4) is 0 Å². The van der Waals surface area contributed by atoms with Gasteiger partial charge in [-0.15, -0.1) is 11.3 Å². The van der Waals surface area contributed by atoms with Crippen LogP contribution in [0, 0.1) is 11.6 Å². The molecule has 3 N–H and O–H groups in total. The van der Waals surface area contributed by atoms with Gasteiger partial charge < -0.3 is 15.3 Å². The first kappa shape index (κ1) is 18.1. The van der Waals surface area contributed by atoms with Crippen molar-refractivity contribution in [1.82, 2.24) is 4.98 Å². The Balaban J connectivity index is 0.000000174. The number of nitrogens with two attached hydrogens (primary N) is 1. The maximum absolute atomic E-state index is 12.7. The number of rotatable bonds is 3. The number of primary amides is 1. The highest BCUT2D eigenvalue weighted by atomic mass is 79.9. The number of thiophene rings is 1. The van der Waals surface area contributed by atoms with E-state index < -0.39 is 28.9 Å². The molecule has 2 aromatic heterocycles. The number of nitrogens with zero attached hydrogens (tertiary/aromatic N) is 1. The van der Waals surface area contributed by atoms with Crippen molar-refractivity contribution in [2.75, 3.05) is 0 Å². The summed E-state index contributed by atoms with van der Waals surface area (Å²) in [4.78, 5) is 15.8. The van der Waals surface area contributed by atoms with Crippen LogP contribution in [0.25, 0.3) is 10.8 Å². The number of benzene rings is 1. The molecular weight excluding hydrogens is 406 g/mol. The van der Waals surface area contributed by atoms with Gasteiger partial charge in [-0.05, 0) is 23.6 Å². The number of aromatic nitrogens is 1. The summed E-state index contributed by atoms with van der Waals surface area (Å²) in [6, 6.07) is 5.54. The van der Waals surface area contributed by atoms with Gasteiger partial charge in [0.15, 0.2) is 11.6 Å². The molecule has 3 aromatic rings. The Labute approximate surface area is 147 Å². The van der Waals surface area contributed by atoms with Crippen LogP contribution in [0.5, 0.6) is 5.75 Å². The van der Waals surface area contributed by atoms with Crippen molar-refractivity contribution < 1.29 is 23.1 Å². The number of hydrogen-bond acceptors (Lipinski definition) is 5. The van der Waals surface area contributed by atoms with Crippen LogP contribution in [0.2, 0.25) is 0 Å². The number of aromatic hydroxyl groups is 1. The molecule has 0 saturated heterocycles. The minimum atomic E-state index is -1.33. The lowest BCUT2D eigenvalue weighted by Crippen LogP contribution is -2.15. The summed E-state index contributed by atoms with van der Waals surface area (Å²) in [6.07, 6.45) is 1.67. The Bertz CT molecular complexity index is 837. The SMILES string of the molecule is BrCc1coc(-c2cccs2)n1.NC(=O)c1c(F)ccc(O)c1F. The zero-order valence-corrected chi connectivity index (χ0v) is 14.4. The van der Waals surface area contributed by atoms with Crippen LogP contribution in [-0.4, -0.2) is 16.0 Å². The second-order valence-electron chi connectivity index (χ2n) is 4.37. The van der Waals surface area contributed by atoms with Gasteiger partial charge in [0, 0.05) is 5.33 Å². The van der Waals surface area contributed by atoms with Crippen molar-refractivity contribution >= 4 is 33.2 Å². The van der Waals surface area contributed by atoms with Crippen molar-refractivity contribution in [3.8, 4) is 16.5 Å². The lowest BCUT2D eigenvalue weighted by Gasteiger charge is -2.00. The highest BCUT2D eigenvalue weighted by Gasteiger charge is 2.17. The third-order valence-corrected chi connectivity index (χ3v) is 4.17. The normalized spacial score (nSPS) is 10.1. The molecule has 9 heteroatoms. The summed E-state index contributed by atoms with van der Waals surface area (Å²) in [5.74, 6) is -3.76. The van der Waals surface area contributed by atoms with Crippen molar-refractivity contribution in [1.29, 1.82) is 0 Å². The predicted octanol–water partition coefficient (Wildman–Crippen LogP) is 4.07. The molecule has 0 fully saturated rings. The molecule has 24 heavy (non-hydrogen) atoms. The molecule has 1 amide bonds. The molecule has 126 valence electrons. The first-order valence-electron chi connectivity index (χ1n) is 6.45. The van der Waals surface area contributed by atoms with E-state index in [0.717, 1.165) is 28.0 Å². The van der Waals surface area contributed by atoms with Crippen LogP contribution in [0.4, 0.5) is 8.78 Å². The Kier molecular flexibility index (Phi) is 6.04. The smallest absolute Gasteiger partial charge is 0.254 e. The van der Waals surface area contributed by atoms with E-state index in [9.17, 15) is 13.6 Å². The fraction of sp³-hybridized carbons (Fsp3) is 0.0667. The second kappa shape index (κ2) is 8.02. The van der Waals surface area contributed by atoms with E-state index in [0.29, 0.717) is 5.89 Å². The summed E-state index contributed by atoms with van der Waals surface area (Å²) >= 11 is 4.94. The van der Waals surface area contributed by atoms with Gasteiger partial charge in [0.25, 0.3) is 5.91 Å². The van der Waals surface area contributed by atoms with Gasteiger partial charge in [0.2, 0.25) is 5.89 Å². The number of amides is 1. The molecule has 0 aliphatic heterocycles. The van der Waals surface area contributed by atoms with E-state index in [1.54, 1.807) is 17.6 Å². The van der Waals surface area contributed by atoms with Crippen LogP contribution in [0.15, 0.2) is 40.3 Å². The summed E-state index contributed by atoms with van der Waals surface area (Å²) in [6.45, 7) is 0. The van der Waals surface area contributed by atoms with Gasteiger partial charge in [-0.1, -0.05) is 22.0 Å². The third kappa shape index (κ3) is 4.18. The zero-order valence-electron chi connectivity index (χ0n) is 12.0. The highest BCUT2D eigenvalue weighted by molar-refractivity contribution is 9.08. The molecule has 0 spiro atoms. The quantitative estimate of drug-likeness (QED) is 0.629. The van der Waals surface area contributed by atoms with Crippen LogP contribution in [0.1, 0.15) is 16.1 Å². The third-order valence-electron chi connectivity index (χ3n) is 2.74. The molecule has 0 aliphatic carbocycles. The molecule has 5 nitrogen and oxygen atoms in total. The topological polar surface area (TPSA) is 89.4 Å². The van der Waals surface area contributed by atoms with Crippen LogP contribution in [-0.2, 0) is 5.33 Å². The molecule has 0 saturated carbocycles. The molecule has 0 bridgehead atoms. The minimum absolute atomic E-state index is 0.708. The summed E-state index contributed by atoms with van der Waals surface area (Å²) in [5, 5.41) is 11.5. The Hall–Kier alpha value is -2.26. The van der Waals surface area contributed by atoms with E-state index in [2.05, 4.69) is 26.6 Å². The number of hydrogen-bond donors (Lipinski definition) is 2. The first-order valence-corrected chi connectivity index (χ1v) is 8.45. The second-order valence-corrected chi connectivity index (χ2v) is 5.88. The van der Waals surface area contributed by atoms with Crippen LogP contribution >= 0.6 is 27.3 Å². The molecule has 0 unspecified atom stereocenters. The van der Waals surface area contributed by atoms with Gasteiger partial charge in [0.05, 0.1) is 10.6 Å². The van der Waals surface area contributed by atoms with Crippen LogP contribution < -0.4 is 5.73 Å². The van der Waals surface area contributed by atoms with E-state index in [1.807, 2.05) is 17.5 Å². The highest BCUT2D eigenvalue weighted by Crippen LogP contribution is 2.24. The molecule has 0 atom stereocenters. The average Bonchev–Trinajstić information content (AvgIpc) is 3.22. The fourth-order valence-electron chi connectivity index (χ4n) is 1.65. The van der Waals surface area contributed by atoms with E-state index in [-0.39, 0.29) is 0 Å². The number of oxazole rings is 1. The number of carbonyl (C=O) groups is 1. The number of carbonyl (C=O) groups excluding carboxylic acids is 1. The van der Waals surface area contributed by atoms with E-state index in [4.69, 9.17) is 9.52 Å². The monoisotopic (exact) mass is 416 g/mol. The fourth-order valence-corrected chi connectivity index (χ4v) is 2.56. The largest absolute Gasteiger partial charge is 0.505 e. The summed E-state index contributed by atoms with van der Waals surface area (Å²) in [7, 11) is 0. The lowest BCUT2D eigenvalue weighted by molar-refractivity contribution is 0.0991. The van der Waals surface area contributed by atoms with E-state index >= 15 is 0 Å². The minimum Gasteiger partial charge on any atom is -0.505 e. The molecular formula is C15H11BrF2N2O3S. The van der Waals surface area contributed by atoms with Crippen molar-refractivity contribution in [2.24, 2.45) is 5.73 Å². The maximum Gasteiger partial charge on any atom is 0.254 e. The zero-order chi connectivity index (χ0) is 17.7.